The standard InChI is InChI=1S/C31H40N4O4/c1-31(2,3)22-10-15-24(16-11-22)34-17-5-6-26(34)20-7-12-23(13-8-20)33-29(37)28-21-9-14-25(18-21)35(28)27(36)19-32-30(38)39-4/h7-8,10-13,15-16,21,25-26,28H,5-6,9,14,17-19H2,1-4H3,(H,32,38)(H,33,37)/t21?,25?,26-,28-/m0/s1. The first-order chi connectivity index (χ1) is 18.7. The van der Waals surface area contributed by atoms with Gasteiger partial charge in [-0.15, -0.1) is 0 Å². The molecule has 208 valence electrons. The number of rotatable bonds is 6. The van der Waals surface area contributed by atoms with E-state index >= 15 is 0 Å². The molecule has 0 aromatic heterocycles. The van der Waals surface area contributed by atoms with Crippen LogP contribution in [0.1, 0.15) is 70.0 Å². The van der Waals surface area contributed by atoms with Crippen molar-refractivity contribution in [3.63, 3.8) is 0 Å². The molecule has 8 nitrogen and oxygen atoms in total. The van der Waals surface area contributed by atoms with Crippen molar-refractivity contribution < 1.29 is 19.1 Å². The highest BCUT2D eigenvalue weighted by atomic mass is 16.5. The summed E-state index contributed by atoms with van der Waals surface area (Å²) in [7, 11) is 1.26. The number of ether oxygens (including phenoxy) is 1. The topological polar surface area (TPSA) is 91.0 Å². The van der Waals surface area contributed by atoms with Crippen molar-refractivity contribution in [3.8, 4) is 0 Å². The Kier molecular flexibility index (Phi) is 7.56. The quantitative estimate of drug-likeness (QED) is 0.547. The SMILES string of the molecule is COC(=O)NCC(=O)N1C2CCC(C2)[C@H]1C(=O)Nc1ccc([C@@H]2CCCN2c2ccc(C(C)(C)C)cc2)cc1. The van der Waals surface area contributed by atoms with E-state index < -0.39 is 12.1 Å². The molecule has 2 aromatic carbocycles. The summed E-state index contributed by atoms with van der Waals surface area (Å²) in [6, 6.07) is 16.9. The summed E-state index contributed by atoms with van der Waals surface area (Å²) in [5.41, 5.74) is 4.66. The number of methoxy groups -OCH3 is 1. The summed E-state index contributed by atoms with van der Waals surface area (Å²) in [5, 5.41) is 5.50. The minimum absolute atomic E-state index is 0.0471. The molecule has 0 spiro atoms. The Hall–Kier alpha value is -3.55. The fourth-order valence-electron chi connectivity index (χ4n) is 6.58. The van der Waals surface area contributed by atoms with Gasteiger partial charge in [0.1, 0.15) is 12.6 Å². The number of anilines is 2. The largest absolute Gasteiger partial charge is 0.453 e. The normalized spacial score (nSPS) is 24.1. The molecule has 3 fully saturated rings. The van der Waals surface area contributed by atoms with Crippen LogP contribution in [0, 0.1) is 5.92 Å². The average molecular weight is 533 g/mol. The molecule has 3 aliphatic rings. The zero-order valence-electron chi connectivity index (χ0n) is 23.4. The van der Waals surface area contributed by atoms with Crippen LogP contribution in [0.2, 0.25) is 0 Å². The molecule has 2 aromatic rings. The fraction of sp³-hybridized carbons (Fsp3) is 0.516. The smallest absolute Gasteiger partial charge is 0.407 e. The van der Waals surface area contributed by atoms with Crippen LogP contribution in [0.3, 0.4) is 0 Å². The molecule has 1 aliphatic carbocycles. The molecule has 39 heavy (non-hydrogen) atoms. The van der Waals surface area contributed by atoms with Crippen LogP contribution in [-0.2, 0) is 19.7 Å². The highest BCUT2D eigenvalue weighted by molar-refractivity contribution is 5.98. The van der Waals surface area contributed by atoms with E-state index in [-0.39, 0.29) is 35.7 Å². The molecule has 5 rings (SSSR count). The van der Waals surface area contributed by atoms with Crippen LogP contribution in [0.5, 0.6) is 0 Å². The van der Waals surface area contributed by atoms with Gasteiger partial charge in [-0.3, -0.25) is 9.59 Å². The van der Waals surface area contributed by atoms with Crippen molar-refractivity contribution in [1.82, 2.24) is 10.2 Å². The molecule has 2 N–H and O–H groups in total. The second-order valence-electron chi connectivity index (χ2n) is 12.1. The van der Waals surface area contributed by atoms with Gasteiger partial charge in [0.2, 0.25) is 11.8 Å². The van der Waals surface area contributed by atoms with Gasteiger partial charge in [-0.1, -0.05) is 45.0 Å². The number of nitrogens with zero attached hydrogens (tertiary/aromatic N) is 2. The van der Waals surface area contributed by atoms with Gasteiger partial charge in [0.25, 0.3) is 0 Å². The molecule has 4 atom stereocenters. The Balaban J connectivity index is 1.24. The van der Waals surface area contributed by atoms with Gasteiger partial charge < -0.3 is 25.2 Å². The minimum Gasteiger partial charge on any atom is -0.453 e. The molecular formula is C31H40N4O4. The van der Waals surface area contributed by atoms with Crippen LogP contribution in [0.25, 0.3) is 0 Å². The van der Waals surface area contributed by atoms with Crippen LogP contribution in [0.15, 0.2) is 48.5 Å². The molecule has 2 saturated heterocycles. The van der Waals surface area contributed by atoms with Crippen LogP contribution in [-0.4, -0.2) is 55.1 Å². The summed E-state index contributed by atoms with van der Waals surface area (Å²) in [6.45, 7) is 7.55. The number of benzene rings is 2. The van der Waals surface area contributed by atoms with Crippen molar-refractivity contribution in [2.24, 2.45) is 5.92 Å². The first-order valence-corrected chi connectivity index (χ1v) is 14.1. The number of amides is 3. The van der Waals surface area contributed by atoms with Crippen LogP contribution >= 0.6 is 0 Å². The summed E-state index contributed by atoms with van der Waals surface area (Å²) in [4.78, 5) is 41.8. The summed E-state index contributed by atoms with van der Waals surface area (Å²) < 4.78 is 4.57. The van der Waals surface area contributed by atoms with Crippen molar-refractivity contribution >= 4 is 29.3 Å². The third kappa shape index (κ3) is 5.60. The van der Waals surface area contributed by atoms with E-state index in [0.717, 1.165) is 44.3 Å². The van der Waals surface area contributed by atoms with Gasteiger partial charge in [0, 0.05) is 24.0 Å². The molecular weight excluding hydrogens is 492 g/mol. The maximum absolute atomic E-state index is 13.4. The lowest BCUT2D eigenvalue weighted by atomic mass is 9.87. The Bertz CT molecular complexity index is 1200. The third-order valence-corrected chi connectivity index (χ3v) is 8.59. The summed E-state index contributed by atoms with van der Waals surface area (Å²) >= 11 is 0. The number of carbonyl (C=O) groups excluding carboxylic acids is 3. The number of likely N-dealkylation sites (tertiary alicyclic amines) is 1. The van der Waals surface area contributed by atoms with Crippen LogP contribution < -0.4 is 15.5 Å². The zero-order chi connectivity index (χ0) is 27.7. The van der Waals surface area contributed by atoms with Gasteiger partial charge in [-0.2, -0.15) is 0 Å². The number of nitrogens with one attached hydrogen (secondary N) is 2. The van der Waals surface area contributed by atoms with E-state index in [2.05, 4.69) is 77.4 Å². The first-order valence-electron chi connectivity index (χ1n) is 14.1. The Labute approximate surface area is 231 Å². The minimum atomic E-state index is -0.656. The fourth-order valence-corrected chi connectivity index (χ4v) is 6.58. The second kappa shape index (κ2) is 10.9. The molecule has 2 aliphatic heterocycles. The van der Waals surface area contributed by atoms with E-state index in [4.69, 9.17) is 0 Å². The van der Waals surface area contributed by atoms with Crippen molar-refractivity contribution in [1.29, 1.82) is 0 Å². The Morgan fingerprint density at radius 2 is 1.69 bits per heavy atom. The maximum atomic E-state index is 13.4. The molecule has 2 unspecified atom stereocenters. The van der Waals surface area contributed by atoms with Crippen molar-refractivity contribution in [2.45, 2.75) is 76.4 Å². The number of piperidine rings is 1. The summed E-state index contributed by atoms with van der Waals surface area (Å²) in [5.74, 6) is -0.268. The van der Waals surface area contributed by atoms with Crippen molar-refractivity contribution in [2.75, 3.05) is 30.4 Å². The van der Waals surface area contributed by atoms with Gasteiger partial charge >= 0.3 is 6.09 Å². The van der Waals surface area contributed by atoms with Gasteiger partial charge in [0.05, 0.1) is 13.2 Å². The molecule has 8 heteroatoms. The zero-order valence-corrected chi connectivity index (χ0v) is 23.4. The maximum Gasteiger partial charge on any atom is 0.407 e. The predicted octanol–water partition coefficient (Wildman–Crippen LogP) is 5.00. The van der Waals surface area contributed by atoms with Crippen molar-refractivity contribution in [3.05, 3.63) is 59.7 Å². The predicted molar refractivity (Wildman–Crippen MR) is 152 cm³/mol. The first kappa shape index (κ1) is 27.0. The number of hydrogen-bond donors (Lipinski definition) is 2. The number of fused-ring (bicyclic) bond motifs is 2. The molecule has 3 amide bonds. The van der Waals surface area contributed by atoms with E-state index in [1.54, 1.807) is 4.90 Å². The average Bonchev–Trinajstić information content (AvgIpc) is 3.68. The summed E-state index contributed by atoms with van der Waals surface area (Å²) in [6.07, 6.45) is 4.23. The van der Waals surface area contributed by atoms with Gasteiger partial charge in [0.15, 0.2) is 0 Å². The van der Waals surface area contributed by atoms with Gasteiger partial charge in [-0.05, 0) is 78.8 Å². The second-order valence-corrected chi connectivity index (χ2v) is 12.1. The van der Waals surface area contributed by atoms with E-state index in [0.29, 0.717) is 6.04 Å². The van der Waals surface area contributed by atoms with E-state index in [1.807, 2.05) is 12.1 Å². The van der Waals surface area contributed by atoms with Crippen LogP contribution in [0.4, 0.5) is 16.2 Å². The lowest BCUT2D eigenvalue weighted by Crippen LogP contribution is -2.53. The highest BCUT2D eigenvalue weighted by Crippen LogP contribution is 2.43. The molecule has 2 heterocycles. The monoisotopic (exact) mass is 532 g/mol. The molecule has 0 radical (unpaired) electrons. The number of alkyl carbamates (subject to hydrolysis) is 1. The lowest BCUT2D eigenvalue weighted by molar-refractivity contribution is -0.140. The number of carbonyl (C=O) groups is 3. The molecule has 1 saturated carbocycles. The van der Waals surface area contributed by atoms with E-state index in [1.165, 1.54) is 23.9 Å². The van der Waals surface area contributed by atoms with E-state index in [9.17, 15) is 14.4 Å². The third-order valence-electron chi connectivity index (χ3n) is 8.59. The lowest BCUT2D eigenvalue weighted by Gasteiger charge is -2.34. The molecule has 2 bridgehead atoms. The van der Waals surface area contributed by atoms with Gasteiger partial charge in [-0.25, -0.2) is 4.79 Å². The Morgan fingerprint density at radius 3 is 2.36 bits per heavy atom. The highest BCUT2D eigenvalue weighted by Gasteiger charge is 2.51. The Morgan fingerprint density at radius 1 is 0.974 bits per heavy atom. The number of hydrogen-bond acceptors (Lipinski definition) is 5.